The lowest BCUT2D eigenvalue weighted by molar-refractivity contribution is 0.112. The van der Waals surface area contributed by atoms with Crippen LogP contribution >= 0.6 is 45.9 Å². The molecule has 0 atom stereocenters. The lowest BCUT2D eigenvalue weighted by Crippen LogP contribution is -2.47. The van der Waals surface area contributed by atoms with Crippen molar-refractivity contribution in [2.24, 2.45) is 0 Å². The molecule has 0 amide bonds. The van der Waals surface area contributed by atoms with Crippen LogP contribution in [0.1, 0.15) is 14.5 Å². The molecule has 3 aliphatic rings. The Bertz CT molecular complexity index is 1770. The number of carbonyl (C=O) groups excluding carboxylic acids is 1. The Kier molecular flexibility index (Phi) is 10.3. The normalized spacial score (nSPS) is 18.7. The molecule has 0 unspecified atom stereocenters. The van der Waals surface area contributed by atoms with Gasteiger partial charge in [0.2, 0.25) is 20.6 Å². The van der Waals surface area contributed by atoms with E-state index in [-0.39, 0.29) is 10.6 Å². The van der Waals surface area contributed by atoms with Crippen molar-refractivity contribution in [3.63, 3.8) is 0 Å². The van der Waals surface area contributed by atoms with E-state index in [0.29, 0.717) is 44.4 Å². The average Bonchev–Trinajstić information content (AvgIpc) is 3.64. The van der Waals surface area contributed by atoms with Crippen LogP contribution < -0.4 is 9.80 Å². The van der Waals surface area contributed by atoms with Gasteiger partial charge in [-0.2, -0.15) is 14.3 Å². The zero-order valence-corrected chi connectivity index (χ0v) is 28.5. The fourth-order valence-electron chi connectivity index (χ4n) is 5.44. The van der Waals surface area contributed by atoms with E-state index in [0.717, 1.165) is 84.2 Å². The molecule has 0 aromatic carbocycles. The highest BCUT2D eigenvalue weighted by Gasteiger charge is 2.25. The summed E-state index contributed by atoms with van der Waals surface area (Å²) in [5.74, 6) is 1.66. The van der Waals surface area contributed by atoms with E-state index in [4.69, 9.17) is 32.7 Å². The zero-order chi connectivity index (χ0) is 31.6. The van der Waals surface area contributed by atoms with Gasteiger partial charge in [0, 0.05) is 63.8 Å². The van der Waals surface area contributed by atoms with Gasteiger partial charge in [-0.25, -0.2) is 18.4 Å². The molecule has 3 fully saturated rings. The third-order valence-corrected chi connectivity index (χ3v) is 11.3. The molecule has 4 aromatic heterocycles. The maximum atomic E-state index is 11.7. The molecular formula is C27H32Cl2N8O5S3. The molecule has 13 nitrogen and oxygen atoms in total. The van der Waals surface area contributed by atoms with Gasteiger partial charge in [-0.1, -0.05) is 0 Å². The van der Waals surface area contributed by atoms with Crippen molar-refractivity contribution in [1.82, 2.24) is 29.1 Å². The Morgan fingerprint density at radius 3 is 1.80 bits per heavy atom. The third-order valence-electron chi connectivity index (χ3n) is 7.68. The zero-order valence-electron chi connectivity index (χ0n) is 24.5. The van der Waals surface area contributed by atoms with Crippen molar-refractivity contribution < 1.29 is 22.7 Å². The van der Waals surface area contributed by atoms with Gasteiger partial charge >= 0.3 is 0 Å². The van der Waals surface area contributed by atoms with E-state index in [9.17, 15) is 13.2 Å². The minimum Gasteiger partial charge on any atom is -0.378 e. The predicted molar refractivity (Wildman–Crippen MR) is 178 cm³/mol. The average molecular weight is 716 g/mol. The molecule has 18 heteroatoms. The fourth-order valence-corrected chi connectivity index (χ4v) is 8.60. The SMILES string of the molecule is CS(=O)(=O)N1CCN(Cc2cc3c(N4CCOCC4)nc(Cl)nc3s2)CC1.O=Cc1cc2c(N3CCOCC3)nc(Cl)nc2s1. The molecule has 3 saturated heterocycles. The topological polar surface area (TPSA) is 134 Å². The van der Waals surface area contributed by atoms with E-state index in [1.54, 1.807) is 11.3 Å². The van der Waals surface area contributed by atoms with Crippen LogP contribution in [0.15, 0.2) is 12.1 Å². The number of halogens is 2. The van der Waals surface area contributed by atoms with E-state index < -0.39 is 10.0 Å². The summed E-state index contributed by atoms with van der Waals surface area (Å²) in [5.41, 5.74) is 0. The minimum atomic E-state index is -3.10. The Balaban J connectivity index is 0.000000172. The number of hydrogen-bond acceptors (Lipinski definition) is 14. The van der Waals surface area contributed by atoms with Gasteiger partial charge in [0.05, 0.1) is 48.3 Å². The summed E-state index contributed by atoms with van der Waals surface area (Å²) in [4.78, 5) is 38.2. The van der Waals surface area contributed by atoms with E-state index in [1.165, 1.54) is 26.8 Å². The molecule has 7 rings (SSSR count). The summed E-state index contributed by atoms with van der Waals surface area (Å²) < 4.78 is 35.6. The Labute approximate surface area is 278 Å². The molecule has 7 heterocycles. The first kappa shape index (κ1) is 32.7. The maximum absolute atomic E-state index is 11.7. The molecular weight excluding hydrogens is 683 g/mol. The number of anilines is 2. The van der Waals surface area contributed by atoms with Crippen molar-refractivity contribution in [3.05, 3.63) is 32.5 Å². The standard InChI is InChI=1S/C16H22ClN5O3S2.C11H10ClN3O2S/c1-27(23,24)22-4-2-20(3-5-22)11-12-10-13-14(21-6-8-25-9-7-21)18-16(17)19-15(13)26-12;12-11-13-9(15-1-3-17-4-2-15)8-5-7(6-16)18-10(8)14-11/h10H,2-9,11H2,1H3;5-6H,1-4H2. The van der Waals surface area contributed by atoms with Crippen molar-refractivity contribution >= 4 is 94.3 Å². The molecule has 0 radical (unpaired) electrons. The monoisotopic (exact) mass is 714 g/mol. The lowest BCUT2D eigenvalue weighted by atomic mass is 10.3. The van der Waals surface area contributed by atoms with Crippen molar-refractivity contribution in [1.29, 1.82) is 0 Å². The number of carbonyl (C=O) groups is 1. The van der Waals surface area contributed by atoms with Crippen LogP contribution in [-0.4, -0.2) is 129 Å². The summed E-state index contributed by atoms with van der Waals surface area (Å²) in [5, 5.41) is 2.38. The molecule has 0 aliphatic carbocycles. The first-order valence-corrected chi connectivity index (χ1v) is 18.6. The smallest absolute Gasteiger partial charge is 0.225 e. The van der Waals surface area contributed by atoms with Crippen LogP contribution in [0, 0.1) is 0 Å². The highest BCUT2D eigenvalue weighted by Crippen LogP contribution is 2.34. The molecule has 3 aliphatic heterocycles. The highest BCUT2D eigenvalue weighted by atomic mass is 35.5. The van der Waals surface area contributed by atoms with Crippen LogP contribution in [0.4, 0.5) is 11.6 Å². The van der Waals surface area contributed by atoms with Gasteiger partial charge in [0.1, 0.15) is 21.3 Å². The lowest BCUT2D eigenvalue weighted by Gasteiger charge is -2.32. The Hall–Kier alpha value is -2.28. The number of fused-ring (bicyclic) bond motifs is 2. The number of thiophene rings is 2. The Morgan fingerprint density at radius 2 is 1.29 bits per heavy atom. The first-order valence-electron chi connectivity index (χ1n) is 14.4. The van der Waals surface area contributed by atoms with Gasteiger partial charge in [-0.3, -0.25) is 9.69 Å². The predicted octanol–water partition coefficient (Wildman–Crippen LogP) is 3.25. The summed E-state index contributed by atoms with van der Waals surface area (Å²) >= 11 is 15.0. The minimum absolute atomic E-state index is 0.211. The fraction of sp³-hybridized carbons (Fsp3) is 0.519. The van der Waals surface area contributed by atoms with E-state index in [2.05, 4.69) is 40.7 Å². The Morgan fingerprint density at radius 1 is 0.778 bits per heavy atom. The molecule has 242 valence electrons. The quantitative estimate of drug-likeness (QED) is 0.214. The van der Waals surface area contributed by atoms with Crippen LogP contribution in [0.25, 0.3) is 20.4 Å². The molecule has 0 spiro atoms. The third kappa shape index (κ3) is 7.82. The van der Waals surface area contributed by atoms with Gasteiger partial charge in [-0.15, -0.1) is 22.7 Å². The molecule has 0 N–H and O–H groups in total. The van der Waals surface area contributed by atoms with Crippen LogP contribution in [-0.2, 0) is 26.0 Å². The number of morpholine rings is 2. The second kappa shape index (κ2) is 14.2. The van der Waals surface area contributed by atoms with Gasteiger partial charge in [0.25, 0.3) is 0 Å². The van der Waals surface area contributed by atoms with Gasteiger partial charge in [0.15, 0.2) is 6.29 Å². The highest BCUT2D eigenvalue weighted by molar-refractivity contribution is 7.88. The summed E-state index contributed by atoms with van der Waals surface area (Å²) in [7, 11) is -3.10. The molecule has 0 bridgehead atoms. The summed E-state index contributed by atoms with van der Waals surface area (Å²) in [6, 6.07) is 3.96. The van der Waals surface area contributed by atoms with E-state index in [1.807, 2.05) is 6.07 Å². The van der Waals surface area contributed by atoms with Gasteiger partial charge < -0.3 is 19.3 Å². The number of nitrogens with zero attached hydrogens (tertiary/aromatic N) is 8. The molecule has 0 saturated carbocycles. The summed E-state index contributed by atoms with van der Waals surface area (Å²) in [6.07, 6.45) is 2.09. The number of rotatable bonds is 6. The van der Waals surface area contributed by atoms with Crippen LogP contribution in [0.3, 0.4) is 0 Å². The summed E-state index contributed by atoms with van der Waals surface area (Å²) in [6.45, 7) is 9.15. The van der Waals surface area contributed by atoms with Crippen molar-refractivity contribution in [3.8, 4) is 0 Å². The van der Waals surface area contributed by atoms with E-state index >= 15 is 0 Å². The second-order valence-corrected chi connectivity index (χ2v) is 15.5. The molecule has 45 heavy (non-hydrogen) atoms. The number of ether oxygens (including phenoxy) is 2. The second-order valence-electron chi connectivity index (χ2n) is 10.7. The van der Waals surface area contributed by atoms with Crippen molar-refractivity contribution in [2.75, 3.05) is 94.8 Å². The van der Waals surface area contributed by atoms with Gasteiger partial charge in [-0.05, 0) is 35.3 Å². The number of piperazine rings is 1. The van der Waals surface area contributed by atoms with Crippen LogP contribution in [0.5, 0.6) is 0 Å². The van der Waals surface area contributed by atoms with Crippen LogP contribution in [0.2, 0.25) is 10.6 Å². The number of aldehydes is 1. The molecule has 4 aromatic rings. The maximum Gasteiger partial charge on any atom is 0.225 e. The number of hydrogen-bond donors (Lipinski definition) is 0. The first-order chi connectivity index (χ1) is 21.7. The number of sulfonamides is 1. The van der Waals surface area contributed by atoms with Crippen molar-refractivity contribution in [2.45, 2.75) is 6.54 Å². The number of aromatic nitrogens is 4. The largest absolute Gasteiger partial charge is 0.378 e.